The number of thiol groups is 1. The SMILES string of the molecule is O=C(O)[C@@H]1CCN1C(=O)CCS. The standard InChI is InChI=1S/C7H11NO3S/c9-6(2-4-12)8-3-1-5(8)7(10)11/h5,12H,1-4H2,(H,10,11)/t5-/m0/s1. The van der Waals surface area contributed by atoms with Crippen molar-refractivity contribution in [3.8, 4) is 0 Å². The van der Waals surface area contributed by atoms with Crippen LogP contribution in [-0.4, -0.2) is 40.2 Å². The van der Waals surface area contributed by atoms with Crippen molar-refractivity contribution < 1.29 is 14.7 Å². The lowest BCUT2D eigenvalue weighted by Gasteiger charge is -2.37. The van der Waals surface area contributed by atoms with Gasteiger partial charge in [0.25, 0.3) is 0 Å². The van der Waals surface area contributed by atoms with Gasteiger partial charge in [-0.25, -0.2) is 4.79 Å². The summed E-state index contributed by atoms with van der Waals surface area (Å²) in [6, 6.07) is -0.586. The summed E-state index contributed by atoms with van der Waals surface area (Å²) >= 11 is 3.90. The van der Waals surface area contributed by atoms with Gasteiger partial charge in [-0.15, -0.1) is 0 Å². The predicted octanol–water partition coefficient (Wildman–Crippen LogP) is -0.00820. The molecule has 12 heavy (non-hydrogen) atoms. The lowest BCUT2D eigenvalue weighted by molar-refractivity contribution is -0.156. The maximum Gasteiger partial charge on any atom is 0.326 e. The smallest absolute Gasteiger partial charge is 0.326 e. The van der Waals surface area contributed by atoms with Crippen molar-refractivity contribution in [2.45, 2.75) is 18.9 Å². The van der Waals surface area contributed by atoms with E-state index in [4.69, 9.17) is 5.11 Å². The molecular weight excluding hydrogens is 178 g/mol. The van der Waals surface area contributed by atoms with E-state index < -0.39 is 12.0 Å². The molecule has 0 aliphatic carbocycles. The molecule has 0 aromatic carbocycles. The van der Waals surface area contributed by atoms with Gasteiger partial charge in [0.15, 0.2) is 0 Å². The Bertz CT molecular complexity index is 207. The zero-order valence-electron chi connectivity index (χ0n) is 6.56. The molecule has 68 valence electrons. The first-order chi connectivity index (χ1) is 5.66. The molecule has 0 bridgehead atoms. The number of carbonyl (C=O) groups is 2. The Morgan fingerprint density at radius 2 is 2.25 bits per heavy atom. The molecule has 5 heteroatoms. The molecule has 4 nitrogen and oxygen atoms in total. The van der Waals surface area contributed by atoms with E-state index in [1.807, 2.05) is 0 Å². The Labute approximate surface area is 76.0 Å². The molecule has 0 aromatic heterocycles. The van der Waals surface area contributed by atoms with Crippen LogP contribution in [0.5, 0.6) is 0 Å². The van der Waals surface area contributed by atoms with Crippen molar-refractivity contribution in [1.29, 1.82) is 0 Å². The second kappa shape index (κ2) is 3.80. The van der Waals surface area contributed by atoms with E-state index in [0.29, 0.717) is 25.1 Å². The first kappa shape index (κ1) is 9.38. The van der Waals surface area contributed by atoms with E-state index in [1.165, 1.54) is 4.90 Å². The Morgan fingerprint density at radius 1 is 1.58 bits per heavy atom. The quantitative estimate of drug-likeness (QED) is 0.614. The van der Waals surface area contributed by atoms with E-state index >= 15 is 0 Å². The van der Waals surface area contributed by atoms with Gasteiger partial charge >= 0.3 is 5.97 Å². The molecule has 1 amide bonds. The maximum absolute atomic E-state index is 11.2. The van der Waals surface area contributed by atoms with Crippen LogP contribution in [0, 0.1) is 0 Å². The minimum Gasteiger partial charge on any atom is -0.480 e. The normalized spacial score (nSPS) is 21.8. The van der Waals surface area contributed by atoms with Crippen LogP contribution in [0.2, 0.25) is 0 Å². The van der Waals surface area contributed by atoms with Crippen molar-refractivity contribution in [2.75, 3.05) is 12.3 Å². The Hall–Kier alpha value is -0.710. The topological polar surface area (TPSA) is 57.6 Å². The Balaban J connectivity index is 2.43. The molecule has 0 aromatic rings. The fourth-order valence-corrected chi connectivity index (χ4v) is 1.37. The summed E-state index contributed by atoms with van der Waals surface area (Å²) in [5.41, 5.74) is 0. The molecule has 1 N–H and O–H groups in total. The fraction of sp³-hybridized carbons (Fsp3) is 0.714. The van der Waals surface area contributed by atoms with Gasteiger partial charge in [0.2, 0.25) is 5.91 Å². The molecule has 0 unspecified atom stereocenters. The highest BCUT2D eigenvalue weighted by Crippen LogP contribution is 2.18. The molecule has 1 rings (SSSR count). The summed E-state index contributed by atoms with van der Waals surface area (Å²) < 4.78 is 0. The summed E-state index contributed by atoms with van der Waals surface area (Å²) in [6.45, 7) is 0.573. The fourth-order valence-electron chi connectivity index (χ4n) is 1.18. The average molecular weight is 189 g/mol. The van der Waals surface area contributed by atoms with Gasteiger partial charge in [-0.1, -0.05) is 0 Å². The summed E-state index contributed by atoms with van der Waals surface area (Å²) in [5.74, 6) is -0.542. The number of amides is 1. The molecule has 0 radical (unpaired) electrons. The zero-order valence-corrected chi connectivity index (χ0v) is 7.46. The number of likely N-dealkylation sites (tertiary alicyclic amines) is 1. The van der Waals surface area contributed by atoms with Gasteiger partial charge in [0, 0.05) is 13.0 Å². The first-order valence-corrected chi connectivity index (χ1v) is 4.43. The summed E-state index contributed by atoms with van der Waals surface area (Å²) in [4.78, 5) is 23.0. The van der Waals surface area contributed by atoms with Crippen LogP contribution in [0.15, 0.2) is 0 Å². The number of carboxylic acid groups (broad SMARTS) is 1. The van der Waals surface area contributed by atoms with E-state index in [-0.39, 0.29) is 5.91 Å². The number of aliphatic carboxylic acids is 1. The zero-order chi connectivity index (χ0) is 9.14. The van der Waals surface area contributed by atoms with Crippen LogP contribution in [0.25, 0.3) is 0 Å². The largest absolute Gasteiger partial charge is 0.480 e. The molecule has 1 aliphatic heterocycles. The highest BCUT2D eigenvalue weighted by molar-refractivity contribution is 7.80. The van der Waals surface area contributed by atoms with E-state index in [1.54, 1.807) is 0 Å². The van der Waals surface area contributed by atoms with Crippen molar-refractivity contribution in [3.63, 3.8) is 0 Å². The van der Waals surface area contributed by atoms with Gasteiger partial charge < -0.3 is 10.0 Å². The van der Waals surface area contributed by atoms with Crippen LogP contribution in [0.4, 0.5) is 0 Å². The van der Waals surface area contributed by atoms with Gasteiger partial charge in [-0.05, 0) is 12.2 Å². The second-order valence-electron chi connectivity index (χ2n) is 2.70. The molecule has 1 saturated heterocycles. The predicted molar refractivity (Wildman–Crippen MR) is 46.2 cm³/mol. The molecule has 1 atom stereocenters. The van der Waals surface area contributed by atoms with Gasteiger partial charge in [0.05, 0.1) is 0 Å². The highest BCUT2D eigenvalue weighted by atomic mass is 32.1. The van der Waals surface area contributed by atoms with Gasteiger partial charge in [-0.3, -0.25) is 4.79 Å². The summed E-state index contributed by atoms with van der Waals surface area (Å²) in [6.07, 6.45) is 0.903. The number of rotatable bonds is 3. The van der Waals surface area contributed by atoms with Crippen LogP contribution in [0.1, 0.15) is 12.8 Å². The van der Waals surface area contributed by atoms with Crippen molar-refractivity contribution in [1.82, 2.24) is 4.90 Å². The molecule has 1 aliphatic rings. The van der Waals surface area contributed by atoms with Crippen LogP contribution < -0.4 is 0 Å². The summed E-state index contributed by atoms with van der Waals surface area (Å²) in [5, 5.41) is 8.61. The molecule has 1 heterocycles. The number of carbonyl (C=O) groups excluding carboxylic acids is 1. The van der Waals surface area contributed by atoms with E-state index in [2.05, 4.69) is 12.6 Å². The first-order valence-electron chi connectivity index (χ1n) is 3.80. The minimum absolute atomic E-state index is 0.108. The number of hydrogen-bond acceptors (Lipinski definition) is 3. The van der Waals surface area contributed by atoms with E-state index in [9.17, 15) is 9.59 Å². The highest BCUT2D eigenvalue weighted by Gasteiger charge is 2.36. The van der Waals surface area contributed by atoms with Gasteiger partial charge in [-0.2, -0.15) is 12.6 Å². The molecule has 1 fully saturated rings. The lowest BCUT2D eigenvalue weighted by atomic mass is 10.0. The van der Waals surface area contributed by atoms with Crippen molar-refractivity contribution in [2.24, 2.45) is 0 Å². The van der Waals surface area contributed by atoms with Crippen LogP contribution >= 0.6 is 12.6 Å². The molecular formula is C7H11NO3S. The van der Waals surface area contributed by atoms with Crippen molar-refractivity contribution >= 4 is 24.5 Å². The number of carboxylic acids is 1. The lowest BCUT2D eigenvalue weighted by Crippen LogP contribution is -2.55. The van der Waals surface area contributed by atoms with Crippen LogP contribution in [0.3, 0.4) is 0 Å². The third-order valence-corrected chi connectivity index (χ3v) is 2.17. The van der Waals surface area contributed by atoms with E-state index in [0.717, 1.165) is 0 Å². The average Bonchev–Trinajstić information content (AvgIpc) is 1.82. The maximum atomic E-state index is 11.2. The molecule has 0 spiro atoms. The minimum atomic E-state index is -0.909. The Morgan fingerprint density at radius 3 is 2.58 bits per heavy atom. The van der Waals surface area contributed by atoms with Crippen molar-refractivity contribution in [3.05, 3.63) is 0 Å². The Kier molecular flexibility index (Phi) is 2.97. The third-order valence-electron chi connectivity index (χ3n) is 1.95. The van der Waals surface area contributed by atoms with Crippen LogP contribution in [-0.2, 0) is 9.59 Å². The monoisotopic (exact) mass is 189 g/mol. The third kappa shape index (κ3) is 1.72. The summed E-state index contributed by atoms with van der Waals surface area (Å²) in [7, 11) is 0. The van der Waals surface area contributed by atoms with Gasteiger partial charge in [0.1, 0.15) is 6.04 Å². The second-order valence-corrected chi connectivity index (χ2v) is 3.15. The number of hydrogen-bond donors (Lipinski definition) is 2. The molecule has 0 saturated carbocycles. The number of nitrogens with zero attached hydrogens (tertiary/aromatic N) is 1.